The Hall–Kier alpha value is -2.85. The minimum atomic E-state index is -1.13. The molecule has 0 radical (unpaired) electrons. The lowest BCUT2D eigenvalue weighted by Gasteiger charge is -2.25. The zero-order valence-electron chi connectivity index (χ0n) is 21.7. The number of fused-ring (bicyclic) bond motifs is 1. The van der Waals surface area contributed by atoms with Crippen molar-refractivity contribution in [2.45, 2.75) is 69.5 Å². The van der Waals surface area contributed by atoms with Gasteiger partial charge in [0.2, 0.25) is 5.95 Å². The second-order valence-electron chi connectivity index (χ2n) is 10.1. The summed E-state index contributed by atoms with van der Waals surface area (Å²) in [7, 11) is 1.48. The number of pyridine rings is 1. The third kappa shape index (κ3) is 8.60. The van der Waals surface area contributed by atoms with Gasteiger partial charge >= 0.3 is 5.97 Å². The second kappa shape index (κ2) is 13.6. The van der Waals surface area contributed by atoms with E-state index in [1.807, 2.05) is 4.90 Å². The van der Waals surface area contributed by atoms with Crippen molar-refractivity contribution >= 4 is 17.7 Å². The van der Waals surface area contributed by atoms with E-state index in [9.17, 15) is 14.3 Å². The topological polar surface area (TPSA) is 113 Å². The summed E-state index contributed by atoms with van der Waals surface area (Å²) in [4.78, 5) is 27.2. The van der Waals surface area contributed by atoms with Crippen LogP contribution in [-0.2, 0) is 22.4 Å². The van der Waals surface area contributed by atoms with Crippen molar-refractivity contribution in [3.05, 3.63) is 41.3 Å². The fourth-order valence-corrected chi connectivity index (χ4v) is 4.72. The molecule has 0 bridgehead atoms. The third-order valence-electron chi connectivity index (χ3n) is 6.97. The summed E-state index contributed by atoms with van der Waals surface area (Å²) in [6, 6.07) is 3.40. The molecular weight excluding hydrogens is 475 g/mol. The van der Waals surface area contributed by atoms with Gasteiger partial charge in [0, 0.05) is 44.8 Å². The number of anilines is 2. The number of carboxylic acid groups (broad SMARTS) is 1. The average Bonchev–Trinajstić information content (AvgIpc) is 3.74. The van der Waals surface area contributed by atoms with Crippen molar-refractivity contribution in [1.82, 2.24) is 19.9 Å². The van der Waals surface area contributed by atoms with Gasteiger partial charge in [0.05, 0.1) is 6.61 Å². The smallest absolute Gasteiger partial charge is 0.326 e. The zero-order valence-corrected chi connectivity index (χ0v) is 21.7. The highest BCUT2D eigenvalue weighted by Crippen LogP contribution is 2.39. The summed E-state index contributed by atoms with van der Waals surface area (Å²) in [5, 5.41) is 16.1. The van der Waals surface area contributed by atoms with Gasteiger partial charge in [-0.2, -0.15) is 0 Å². The summed E-state index contributed by atoms with van der Waals surface area (Å²) in [5.74, 6) is 0.871. The maximum Gasteiger partial charge on any atom is 0.326 e. The lowest BCUT2D eigenvalue weighted by atomic mass is 10.1. The summed E-state index contributed by atoms with van der Waals surface area (Å²) in [6.07, 6.45) is 9.87. The number of rotatable bonds is 16. The molecule has 1 aliphatic heterocycles. The van der Waals surface area contributed by atoms with Gasteiger partial charge in [0.25, 0.3) is 0 Å². The van der Waals surface area contributed by atoms with Gasteiger partial charge in [-0.15, -0.1) is 0 Å². The number of halogens is 1. The Kier molecular flexibility index (Phi) is 10.0. The van der Waals surface area contributed by atoms with Gasteiger partial charge in [-0.3, -0.25) is 0 Å². The van der Waals surface area contributed by atoms with Gasteiger partial charge in [-0.1, -0.05) is 6.07 Å². The summed E-state index contributed by atoms with van der Waals surface area (Å²) < 4.78 is 19.4. The Balaban J connectivity index is 1.27. The third-order valence-corrected chi connectivity index (χ3v) is 6.97. The van der Waals surface area contributed by atoms with Crippen LogP contribution >= 0.6 is 0 Å². The molecule has 1 aliphatic carbocycles. The molecule has 3 N–H and O–H groups in total. The first-order chi connectivity index (χ1) is 18.0. The van der Waals surface area contributed by atoms with Crippen LogP contribution in [0.5, 0.6) is 0 Å². The number of unbranched alkanes of at least 4 members (excludes halogenated alkanes) is 1. The van der Waals surface area contributed by atoms with Crippen LogP contribution in [0.3, 0.4) is 0 Å². The molecule has 4 rings (SSSR count). The van der Waals surface area contributed by atoms with Crippen LogP contribution in [0.15, 0.2) is 24.5 Å². The quantitative estimate of drug-likeness (QED) is 0.289. The summed E-state index contributed by atoms with van der Waals surface area (Å²) >= 11 is 0. The van der Waals surface area contributed by atoms with Crippen LogP contribution in [-0.4, -0.2) is 83.0 Å². The Morgan fingerprint density at radius 1 is 1.27 bits per heavy atom. The Bertz CT molecular complexity index is 1000. The first kappa shape index (κ1) is 27.2. The highest BCUT2D eigenvalue weighted by atomic mass is 19.1. The van der Waals surface area contributed by atoms with Crippen molar-refractivity contribution < 1.29 is 19.0 Å². The second-order valence-corrected chi connectivity index (χ2v) is 10.1. The summed E-state index contributed by atoms with van der Waals surface area (Å²) in [5.41, 5.74) is 3.43. The number of ether oxygens (including phenoxy) is 1. The Morgan fingerprint density at radius 3 is 2.81 bits per heavy atom. The van der Waals surface area contributed by atoms with E-state index in [1.54, 1.807) is 12.4 Å². The van der Waals surface area contributed by atoms with E-state index < -0.39 is 18.2 Å². The molecule has 2 aliphatic rings. The van der Waals surface area contributed by atoms with E-state index in [2.05, 4.69) is 32.7 Å². The van der Waals surface area contributed by atoms with Crippen LogP contribution in [0.4, 0.5) is 16.2 Å². The molecule has 0 saturated heterocycles. The number of carboxylic acids is 1. The molecule has 3 heterocycles. The van der Waals surface area contributed by atoms with Crippen LogP contribution in [0, 0.1) is 0 Å². The predicted molar refractivity (Wildman–Crippen MR) is 141 cm³/mol. The fourth-order valence-electron chi connectivity index (χ4n) is 4.72. The molecular formula is C27H39FN6O3. The number of methoxy groups -OCH3 is 1. The lowest BCUT2D eigenvalue weighted by molar-refractivity contribution is -0.138. The average molecular weight is 515 g/mol. The van der Waals surface area contributed by atoms with Crippen molar-refractivity contribution in [1.29, 1.82) is 0 Å². The van der Waals surface area contributed by atoms with E-state index >= 15 is 0 Å². The largest absolute Gasteiger partial charge is 0.480 e. The number of hydrogen-bond donors (Lipinski definition) is 3. The normalized spacial score (nSPS) is 16.6. The molecule has 202 valence electrons. The molecule has 1 fully saturated rings. The Labute approximate surface area is 218 Å². The van der Waals surface area contributed by atoms with Crippen molar-refractivity contribution in [3.63, 3.8) is 0 Å². The minimum Gasteiger partial charge on any atom is -0.480 e. The molecule has 1 saturated carbocycles. The number of aromatic nitrogens is 3. The van der Waals surface area contributed by atoms with E-state index in [-0.39, 0.29) is 13.2 Å². The van der Waals surface area contributed by atoms with E-state index in [0.717, 1.165) is 68.6 Å². The van der Waals surface area contributed by atoms with Crippen LogP contribution in [0.25, 0.3) is 0 Å². The van der Waals surface area contributed by atoms with E-state index in [0.29, 0.717) is 31.4 Å². The first-order valence-electron chi connectivity index (χ1n) is 13.4. The molecule has 2 atom stereocenters. The molecule has 0 amide bonds. The first-order valence-corrected chi connectivity index (χ1v) is 13.4. The standard InChI is InChI=1S/C27H39FN6O3/c1-37-18-22(28)17-34(13-3-2-6-23-10-9-20-5-4-12-29-25(20)32-23)14-11-24(26(35)36)33-27-30-15-21(16-31-27)19-7-8-19/h9-10,15-16,19,22,24H,2-8,11-14,17-18H2,1H3,(H,29,32)(H,35,36)(H,30,31,33). The number of alkyl halides is 1. The predicted octanol–water partition coefficient (Wildman–Crippen LogP) is 3.67. The molecule has 0 spiro atoms. The maximum absolute atomic E-state index is 14.4. The maximum atomic E-state index is 14.4. The van der Waals surface area contributed by atoms with Gasteiger partial charge < -0.3 is 25.4 Å². The Morgan fingerprint density at radius 2 is 2.08 bits per heavy atom. The fraction of sp³-hybridized carbons (Fsp3) is 0.630. The number of hydrogen-bond acceptors (Lipinski definition) is 8. The highest BCUT2D eigenvalue weighted by molar-refractivity contribution is 5.76. The molecule has 10 heteroatoms. The van der Waals surface area contributed by atoms with Crippen LogP contribution in [0.1, 0.15) is 61.3 Å². The molecule has 37 heavy (non-hydrogen) atoms. The van der Waals surface area contributed by atoms with E-state index in [1.165, 1.54) is 12.7 Å². The van der Waals surface area contributed by atoms with Gasteiger partial charge in [-0.05, 0) is 81.0 Å². The number of aliphatic carboxylic acids is 1. The number of nitrogens with zero attached hydrogens (tertiary/aromatic N) is 4. The lowest BCUT2D eigenvalue weighted by Crippen LogP contribution is -2.39. The van der Waals surface area contributed by atoms with Crippen molar-refractivity contribution in [3.8, 4) is 0 Å². The number of carbonyl (C=O) groups is 1. The zero-order chi connectivity index (χ0) is 26.0. The highest BCUT2D eigenvalue weighted by Gasteiger charge is 2.25. The SMILES string of the molecule is COCC(F)CN(CCCCc1ccc2c(n1)NCCC2)CCC(Nc1ncc(C2CC2)cn1)C(=O)O. The summed E-state index contributed by atoms with van der Waals surface area (Å²) in [6.45, 7) is 2.30. The molecule has 9 nitrogen and oxygen atoms in total. The monoisotopic (exact) mass is 514 g/mol. The van der Waals surface area contributed by atoms with Gasteiger partial charge in [0.1, 0.15) is 18.0 Å². The molecule has 2 aromatic rings. The van der Waals surface area contributed by atoms with E-state index in [4.69, 9.17) is 9.72 Å². The minimum absolute atomic E-state index is 0.0182. The molecule has 2 unspecified atom stereocenters. The number of aryl methyl sites for hydroxylation is 2. The van der Waals surface area contributed by atoms with Gasteiger partial charge in [0.15, 0.2) is 0 Å². The van der Waals surface area contributed by atoms with Crippen molar-refractivity contribution in [2.75, 3.05) is 50.5 Å². The van der Waals surface area contributed by atoms with Crippen LogP contribution < -0.4 is 10.6 Å². The van der Waals surface area contributed by atoms with Gasteiger partial charge in [-0.25, -0.2) is 24.1 Å². The van der Waals surface area contributed by atoms with Crippen molar-refractivity contribution in [2.24, 2.45) is 0 Å². The molecule has 2 aromatic heterocycles. The van der Waals surface area contributed by atoms with Crippen LogP contribution in [0.2, 0.25) is 0 Å². The number of nitrogens with one attached hydrogen (secondary N) is 2. The molecule has 0 aromatic carbocycles.